The molecule has 11 heteroatoms. The number of hydrogen-bond donors (Lipinski definition) is 0. The van der Waals surface area contributed by atoms with Crippen molar-refractivity contribution in [3.8, 4) is 0 Å². The third-order valence-corrected chi connectivity index (χ3v) is 4.11. The molecule has 0 aromatic carbocycles. The molecule has 0 unspecified atom stereocenters. The van der Waals surface area contributed by atoms with Gasteiger partial charge in [0.2, 0.25) is 0 Å². The fourth-order valence-electron chi connectivity index (χ4n) is 1.73. The maximum absolute atomic E-state index is 12.6. The van der Waals surface area contributed by atoms with Gasteiger partial charge >= 0.3 is 13.5 Å². The maximum atomic E-state index is 12.6. The van der Waals surface area contributed by atoms with Crippen LogP contribution in [0.5, 0.6) is 0 Å². The lowest BCUT2D eigenvalue weighted by Gasteiger charge is -2.13. The van der Waals surface area contributed by atoms with Crippen LogP contribution in [0, 0.1) is 0 Å². The molecule has 22 heavy (non-hydrogen) atoms. The summed E-state index contributed by atoms with van der Waals surface area (Å²) in [5.41, 5.74) is -0.749. The highest BCUT2D eigenvalue weighted by atomic mass is 31.2. The van der Waals surface area contributed by atoms with Gasteiger partial charge in [-0.1, -0.05) is 4.45 Å². The first kappa shape index (κ1) is 17.3. The van der Waals surface area contributed by atoms with Crippen molar-refractivity contribution >= 4 is 7.75 Å². The fourth-order valence-corrected chi connectivity index (χ4v) is 2.79. The van der Waals surface area contributed by atoms with Crippen LogP contribution in [-0.2, 0) is 34.0 Å². The molecule has 1 aliphatic carbocycles. The lowest BCUT2D eigenvalue weighted by Crippen LogP contribution is -2.18. The van der Waals surface area contributed by atoms with E-state index in [0.29, 0.717) is 23.9 Å². The molecule has 0 saturated heterocycles. The Kier molecular flexibility index (Phi) is 5.54. The highest BCUT2D eigenvalue weighted by molar-refractivity contribution is 7.51. The van der Waals surface area contributed by atoms with E-state index in [1.165, 1.54) is 0 Å². The number of hydrogen-bond acceptors (Lipinski definition) is 9. The molecule has 1 heterocycles. The molecule has 0 amide bonds. The molecule has 0 spiro atoms. The van der Waals surface area contributed by atoms with Gasteiger partial charge in [0.05, 0.1) is 13.2 Å². The molecule has 126 valence electrons. The highest BCUT2D eigenvalue weighted by Crippen LogP contribution is 2.51. The van der Waals surface area contributed by atoms with Crippen LogP contribution in [0.2, 0.25) is 0 Å². The minimum atomic E-state index is -4.28. The van der Waals surface area contributed by atoms with Gasteiger partial charge in [-0.25, -0.2) is 19.1 Å². The van der Waals surface area contributed by atoms with Crippen LogP contribution >= 0.6 is 7.75 Å². The molecule has 1 aromatic rings. The van der Waals surface area contributed by atoms with Crippen LogP contribution in [0.4, 0.5) is 0 Å². The molecular weight excluding hydrogens is 319 g/mol. The Hall–Kier alpha value is -1.03. The van der Waals surface area contributed by atoms with E-state index in [9.17, 15) is 9.36 Å². The van der Waals surface area contributed by atoms with Gasteiger partial charge in [-0.2, -0.15) is 0 Å². The monoisotopic (exact) mass is 338 g/mol. The normalized spacial score (nSPS) is 16.9. The minimum absolute atomic E-state index is 0.0276. The van der Waals surface area contributed by atoms with Crippen molar-refractivity contribution in [2.24, 2.45) is 0 Å². The van der Waals surface area contributed by atoms with Gasteiger partial charge in [0.15, 0.2) is 0 Å². The van der Waals surface area contributed by atoms with Crippen molar-refractivity contribution in [1.82, 2.24) is 9.55 Å². The second-order valence-electron chi connectivity index (χ2n) is 4.42. The topological polar surface area (TPSA) is 111 Å². The zero-order chi connectivity index (χ0) is 16.2. The summed E-state index contributed by atoms with van der Waals surface area (Å²) in [4.78, 5) is 21.2. The average molecular weight is 338 g/mol. The van der Waals surface area contributed by atoms with Crippen LogP contribution in [0.1, 0.15) is 39.5 Å². The van der Waals surface area contributed by atoms with Crippen molar-refractivity contribution in [2.75, 3.05) is 19.8 Å². The van der Waals surface area contributed by atoms with E-state index in [1.807, 2.05) is 6.92 Å². The first-order valence-corrected chi connectivity index (χ1v) is 8.48. The van der Waals surface area contributed by atoms with Gasteiger partial charge in [-0.15, -0.1) is 14.4 Å². The molecule has 0 radical (unpaired) electrons. The zero-order valence-electron chi connectivity index (χ0n) is 12.6. The average Bonchev–Trinajstić information content (AvgIpc) is 3.17. The molecule has 1 aliphatic rings. The number of nitrogens with zero attached hydrogens (tertiary/aromatic N) is 2. The lowest BCUT2D eigenvalue weighted by atomic mass is 10.3. The summed E-state index contributed by atoms with van der Waals surface area (Å²) in [6.45, 7) is 5.63. The smallest absolute Gasteiger partial charge is 0.389 e. The maximum Gasteiger partial charge on any atom is 0.515 e. The second-order valence-corrected chi connectivity index (χ2v) is 6.03. The summed E-state index contributed by atoms with van der Waals surface area (Å²) in [5.74, 6) is -0.983. The molecule has 1 aromatic heterocycles. The summed E-state index contributed by atoms with van der Waals surface area (Å²) in [5, 5.41) is 3.88. The highest BCUT2D eigenvalue weighted by Gasteiger charge is 2.52. The Labute approximate surface area is 126 Å². The minimum Gasteiger partial charge on any atom is -0.389 e. The number of ether oxygens (including phenoxy) is 1. The van der Waals surface area contributed by atoms with Gasteiger partial charge < -0.3 is 9.15 Å². The summed E-state index contributed by atoms with van der Waals surface area (Å²) in [6, 6.07) is 0. The van der Waals surface area contributed by atoms with E-state index < -0.39 is 19.1 Å². The van der Waals surface area contributed by atoms with Gasteiger partial charge in [-0.05, 0) is 33.6 Å². The predicted octanol–water partition coefficient (Wildman–Crippen LogP) is 1.75. The van der Waals surface area contributed by atoms with E-state index in [0.717, 1.165) is 0 Å². The molecule has 1 fully saturated rings. The molecular formula is C11H19N2O8P. The number of rotatable bonds is 10. The van der Waals surface area contributed by atoms with Crippen LogP contribution in [-0.4, -0.2) is 29.4 Å². The molecule has 0 atom stereocenters. The van der Waals surface area contributed by atoms with E-state index in [2.05, 4.69) is 24.2 Å². The van der Waals surface area contributed by atoms with Gasteiger partial charge in [0.1, 0.15) is 5.60 Å². The van der Waals surface area contributed by atoms with E-state index in [4.69, 9.17) is 9.15 Å². The molecule has 1 saturated carbocycles. The third-order valence-electron chi connectivity index (χ3n) is 2.81. The number of aromatic nitrogens is 2. The largest absolute Gasteiger partial charge is 0.515 e. The van der Waals surface area contributed by atoms with Gasteiger partial charge in [0, 0.05) is 6.61 Å². The van der Waals surface area contributed by atoms with Crippen molar-refractivity contribution in [1.29, 1.82) is 0 Å². The third kappa shape index (κ3) is 3.48. The SMILES string of the molecule is CCOOP(=O)(OOCC)n1nc(C2(OCC)CC2)oc1=O. The first-order chi connectivity index (χ1) is 10.5. The van der Waals surface area contributed by atoms with Gasteiger partial charge in [-0.3, -0.25) is 0 Å². The zero-order valence-corrected chi connectivity index (χ0v) is 13.5. The quantitative estimate of drug-likeness (QED) is 0.358. The van der Waals surface area contributed by atoms with Crippen LogP contribution < -0.4 is 5.76 Å². The van der Waals surface area contributed by atoms with E-state index in [-0.39, 0.29) is 19.1 Å². The van der Waals surface area contributed by atoms with Gasteiger partial charge in [0.25, 0.3) is 5.89 Å². The second kappa shape index (κ2) is 7.03. The standard InChI is InChI=1S/C11H19N2O8P/c1-4-16-11(7-8-11)9-12-13(10(14)19-9)22(15,20-17-5-2)21-18-6-3/h4-8H2,1-3H3. The Balaban J connectivity index is 2.30. The van der Waals surface area contributed by atoms with Crippen LogP contribution in [0.15, 0.2) is 9.21 Å². The first-order valence-electron chi connectivity index (χ1n) is 6.99. The van der Waals surface area contributed by atoms with Crippen molar-refractivity contribution < 1.29 is 32.8 Å². The fraction of sp³-hybridized carbons (Fsp3) is 0.818. The summed E-state index contributed by atoms with van der Waals surface area (Å²) >= 11 is 0. The van der Waals surface area contributed by atoms with Crippen molar-refractivity contribution in [2.45, 2.75) is 39.2 Å². The van der Waals surface area contributed by atoms with E-state index >= 15 is 0 Å². The molecule has 0 N–H and O–H groups in total. The van der Waals surface area contributed by atoms with Crippen LogP contribution in [0.25, 0.3) is 0 Å². The van der Waals surface area contributed by atoms with Crippen molar-refractivity contribution in [3.05, 3.63) is 16.4 Å². The van der Waals surface area contributed by atoms with E-state index in [1.54, 1.807) is 13.8 Å². The predicted molar refractivity (Wildman–Crippen MR) is 71.7 cm³/mol. The summed E-state index contributed by atoms with van der Waals surface area (Å²) < 4.78 is 32.9. The molecule has 2 rings (SSSR count). The Morgan fingerprint density at radius 1 is 1.18 bits per heavy atom. The Morgan fingerprint density at radius 3 is 2.23 bits per heavy atom. The molecule has 0 bridgehead atoms. The summed E-state index contributed by atoms with van der Waals surface area (Å²) in [7, 11) is -4.28. The molecule has 0 aliphatic heterocycles. The lowest BCUT2D eigenvalue weighted by molar-refractivity contribution is -0.265. The Morgan fingerprint density at radius 2 is 1.77 bits per heavy atom. The van der Waals surface area contributed by atoms with Crippen LogP contribution in [0.3, 0.4) is 0 Å². The summed E-state index contributed by atoms with van der Waals surface area (Å²) in [6.07, 6.45) is 1.31. The Bertz CT molecular complexity index is 581. The van der Waals surface area contributed by atoms with Crippen molar-refractivity contribution in [3.63, 3.8) is 0 Å². The molecule has 10 nitrogen and oxygen atoms in total.